The third-order valence-corrected chi connectivity index (χ3v) is 4.76. The van der Waals surface area contributed by atoms with Gasteiger partial charge in [0.25, 0.3) is 5.91 Å². The number of anilines is 2. The third kappa shape index (κ3) is 8.35. The van der Waals surface area contributed by atoms with Crippen LogP contribution in [0.1, 0.15) is 26.3 Å². The van der Waals surface area contributed by atoms with E-state index in [1.54, 1.807) is 36.4 Å². The molecule has 0 bridgehead atoms. The summed E-state index contributed by atoms with van der Waals surface area (Å²) < 4.78 is 31.7. The molecule has 0 saturated carbocycles. The summed E-state index contributed by atoms with van der Waals surface area (Å²) in [4.78, 5) is 34.9. The molecule has 7 nitrogen and oxygen atoms in total. The van der Waals surface area contributed by atoms with Gasteiger partial charge in [-0.3, -0.25) is 4.79 Å². The number of hydrogen-bond acceptors (Lipinski definition) is 4. The van der Waals surface area contributed by atoms with Crippen LogP contribution in [0.3, 0.4) is 0 Å². The van der Waals surface area contributed by atoms with E-state index in [4.69, 9.17) is 21.5 Å². The summed E-state index contributed by atoms with van der Waals surface area (Å²) in [7, 11) is 1.83. The molecule has 0 fully saturated rings. The van der Waals surface area contributed by atoms with Crippen molar-refractivity contribution in [3.8, 4) is 0 Å². The lowest BCUT2D eigenvalue weighted by Gasteiger charge is -2.22. The highest BCUT2D eigenvalue weighted by Gasteiger charge is 2.38. The largest absolute Gasteiger partial charge is 0.490 e. The number of carbonyl (C=O) groups is 3. The maximum absolute atomic E-state index is 12.4. The van der Waals surface area contributed by atoms with E-state index in [1.807, 2.05) is 42.3 Å². The first-order chi connectivity index (χ1) is 16.4. The van der Waals surface area contributed by atoms with Crippen LogP contribution < -0.4 is 10.2 Å². The Morgan fingerprint density at radius 3 is 2.03 bits per heavy atom. The second-order valence-electron chi connectivity index (χ2n) is 7.14. The van der Waals surface area contributed by atoms with Gasteiger partial charge in [0, 0.05) is 29.9 Å². The number of rotatable bonds is 6. The van der Waals surface area contributed by atoms with Crippen molar-refractivity contribution in [1.29, 1.82) is 0 Å². The van der Waals surface area contributed by atoms with Crippen molar-refractivity contribution in [2.45, 2.75) is 12.7 Å². The first-order valence-corrected chi connectivity index (χ1v) is 10.3. The average Bonchev–Trinajstić information content (AvgIpc) is 2.79. The quantitative estimate of drug-likeness (QED) is 0.402. The topological polar surface area (TPSA) is 107 Å². The predicted octanol–water partition coefficient (Wildman–Crippen LogP) is 5.56. The number of hydrogen-bond donors (Lipinski definition) is 3. The van der Waals surface area contributed by atoms with Crippen LogP contribution in [0.2, 0.25) is 5.02 Å². The maximum Gasteiger partial charge on any atom is 0.490 e. The lowest BCUT2D eigenvalue weighted by Crippen LogP contribution is -2.21. The van der Waals surface area contributed by atoms with Crippen molar-refractivity contribution < 1.29 is 37.8 Å². The number of nitrogens with one attached hydrogen (secondary N) is 1. The minimum Gasteiger partial charge on any atom is -0.478 e. The minimum absolute atomic E-state index is 0.118. The van der Waals surface area contributed by atoms with E-state index < -0.39 is 18.1 Å². The molecule has 1 amide bonds. The number of carboxylic acids is 2. The van der Waals surface area contributed by atoms with Crippen LogP contribution in [-0.2, 0) is 11.3 Å². The molecule has 0 aliphatic heterocycles. The number of carbonyl (C=O) groups excluding carboxylic acids is 1. The van der Waals surface area contributed by atoms with E-state index in [0.717, 1.165) is 5.56 Å². The monoisotopic (exact) mass is 508 g/mol. The fraction of sp³-hybridized carbons (Fsp3) is 0.125. The van der Waals surface area contributed by atoms with Gasteiger partial charge in [0.05, 0.1) is 11.3 Å². The number of nitrogens with zero attached hydrogens (tertiary/aromatic N) is 1. The highest BCUT2D eigenvalue weighted by Crippen LogP contribution is 2.25. The second-order valence-corrected chi connectivity index (χ2v) is 7.58. The van der Waals surface area contributed by atoms with Gasteiger partial charge in [-0.15, -0.1) is 0 Å². The lowest BCUT2D eigenvalue weighted by atomic mass is 10.1. The normalized spacial score (nSPS) is 10.5. The van der Waals surface area contributed by atoms with Gasteiger partial charge in [-0.1, -0.05) is 41.9 Å². The number of aliphatic carboxylic acids is 1. The van der Waals surface area contributed by atoms with Crippen LogP contribution in [0.15, 0.2) is 72.8 Å². The number of amides is 1. The molecule has 3 aromatic rings. The van der Waals surface area contributed by atoms with E-state index in [0.29, 0.717) is 28.5 Å². The number of alkyl halides is 3. The summed E-state index contributed by atoms with van der Waals surface area (Å²) in [6.45, 7) is 0.567. The van der Waals surface area contributed by atoms with E-state index >= 15 is 0 Å². The molecule has 3 aromatic carbocycles. The Labute approximate surface area is 203 Å². The van der Waals surface area contributed by atoms with Crippen molar-refractivity contribution >= 4 is 40.8 Å². The molecule has 184 valence electrons. The van der Waals surface area contributed by atoms with Gasteiger partial charge in [-0.05, 0) is 48.0 Å². The highest BCUT2D eigenvalue weighted by atomic mass is 35.5. The van der Waals surface area contributed by atoms with Crippen molar-refractivity contribution in [3.05, 3.63) is 94.5 Å². The van der Waals surface area contributed by atoms with E-state index in [9.17, 15) is 27.9 Å². The number of benzene rings is 3. The van der Waals surface area contributed by atoms with Crippen molar-refractivity contribution in [1.82, 2.24) is 0 Å². The summed E-state index contributed by atoms with van der Waals surface area (Å²) in [6.07, 6.45) is -5.08. The zero-order valence-electron chi connectivity index (χ0n) is 18.2. The summed E-state index contributed by atoms with van der Waals surface area (Å²) in [5.74, 6) is -4.15. The summed E-state index contributed by atoms with van der Waals surface area (Å²) in [6, 6.07) is 21.1. The molecule has 35 heavy (non-hydrogen) atoms. The van der Waals surface area contributed by atoms with Gasteiger partial charge in [-0.2, -0.15) is 13.2 Å². The van der Waals surface area contributed by atoms with Crippen molar-refractivity contribution in [3.63, 3.8) is 0 Å². The van der Waals surface area contributed by atoms with Gasteiger partial charge < -0.3 is 20.4 Å². The average molecular weight is 509 g/mol. The Morgan fingerprint density at radius 1 is 0.943 bits per heavy atom. The molecule has 3 N–H and O–H groups in total. The SMILES string of the molecule is CN(Cc1ccccc1)c1ccc(NC(=O)c2ccc(Cl)cc2)cc1C(=O)O.O=C(O)C(F)(F)F. The highest BCUT2D eigenvalue weighted by molar-refractivity contribution is 6.30. The Kier molecular flexibility index (Phi) is 9.24. The number of carboxylic acid groups (broad SMARTS) is 2. The molecule has 0 saturated heterocycles. The molecular weight excluding hydrogens is 489 g/mol. The van der Waals surface area contributed by atoms with Crippen LogP contribution in [-0.4, -0.2) is 41.3 Å². The molecule has 0 aliphatic carbocycles. The first-order valence-electron chi connectivity index (χ1n) is 9.88. The Balaban J connectivity index is 0.000000540. The number of halogens is 4. The Hall–Kier alpha value is -4.05. The minimum atomic E-state index is -5.08. The fourth-order valence-corrected chi connectivity index (χ4v) is 2.99. The van der Waals surface area contributed by atoms with Crippen LogP contribution in [0.4, 0.5) is 24.5 Å². The maximum atomic E-state index is 12.4. The zero-order chi connectivity index (χ0) is 26.2. The summed E-state index contributed by atoms with van der Waals surface area (Å²) in [5, 5.41) is 20.0. The molecule has 0 heterocycles. The molecule has 0 aromatic heterocycles. The second kappa shape index (κ2) is 11.9. The van der Waals surface area contributed by atoms with E-state index in [2.05, 4.69) is 5.32 Å². The molecule has 3 rings (SSSR count). The molecule has 0 radical (unpaired) electrons. The molecular formula is C24H20ClF3N2O5. The summed E-state index contributed by atoms with van der Waals surface area (Å²) >= 11 is 5.84. The van der Waals surface area contributed by atoms with Gasteiger partial charge in [0.2, 0.25) is 0 Å². The molecule has 0 spiro atoms. The fourth-order valence-electron chi connectivity index (χ4n) is 2.86. The molecule has 0 unspecified atom stereocenters. The van der Waals surface area contributed by atoms with Crippen molar-refractivity contribution in [2.75, 3.05) is 17.3 Å². The van der Waals surface area contributed by atoms with Crippen LogP contribution in [0.5, 0.6) is 0 Å². The third-order valence-electron chi connectivity index (χ3n) is 4.51. The standard InChI is InChI=1S/C22H19ClN2O3.C2HF3O2/c1-25(14-15-5-3-2-4-6-15)20-12-11-18(13-19(20)22(27)28)24-21(26)16-7-9-17(23)10-8-16;3-2(4,5)1(6)7/h2-13H,14H2,1H3,(H,24,26)(H,27,28);(H,6,7). The summed E-state index contributed by atoms with van der Waals surface area (Å²) in [5.41, 5.74) is 2.61. The van der Waals surface area contributed by atoms with Crippen molar-refractivity contribution in [2.24, 2.45) is 0 Å². The van der Waals surface area contributed by atoms with Gasteiger partial charge >= 0.3 is 18.1 Å². The zero-order valence-corrected chi connectivity index (χ0v) is 19.0. The Bertz CT molecular complexity index is 1190. The number of aromatic carboxylic acids is 1. The van der Waals surface area contributed by atoms with Crippen LogP contribution >= 0.6 is 11.6 Å². The smallest absolute Gasteiger partial charge is 0.478 e. The molecule has 0 atom stereocenters. The van der Waals surface area contributed by atoms with Crippen LogP contribution in [0, 0.1) is 0 Å². The van der Waals surface area contributed by atoms with Gasteiger partial charge in [0.1, 0.15) is 0 Å². The molecule has 0 aliphatic rings. The predicted molar refractivity (Wildman–Crippen MR) is 125 cm³/mol. The van der Waals surface area contributed by atoms with E-state index in [1.165, 1.54) is 6.07 Å². The first kappa shape index (κ1) is 27.2. The van der Waals surface area contributed by atoms with Gasteiger partial charge in [0.15, 0.2) is 0 Å². The van der Waals surface area contributed by atoms with Gasteiger partial charge in [-0.25, -0.2) is 9.59 Å². The lowest BCUT2D eigenvalue weighted by molar-refractivity contribution is -0.192. The van der Waals surface area contributed by atoms with Crippen LogP contribution in [0.25, 0.3) is 0 Å². The van der Waals surface area contributed by atoms with E-state index in [-0.39, 0.29) is 11.5 Å². The molecule has 11 heteroatoms. The Morgan fingerprint density at radius 2 is 1.51 bits per heavy atom.